The van der Waals surface area contributed by atoms with Gasteiger partial charge in [-0.3, -0.25) is 9.59 Å². The Morgan fingerprint density at radius 1 is 1.44 bits per heavy atom. The third kappa shape index (κ3) is 2.53. The van der Waals surface area contributed by atoms with E-state index in [1.165, 1.54) is 17.0 Å². The highest BCUT2D eigenvalue weighted by atomic mass is 79.9. The average molecular weight is 315 g/mol. The molecule has 0 bridgehead atoms. The zero-order valence-corrected chi connectivity index (χ0v) is 11.3. The Morgan fingerprint density at radius 3 is 2.89 bits per heavy atom. The molecule has 4 nitrogen and oxygen atoms in total. The van der Waals surface area contributed by atoms with Crippen LogP contribution in [0.15, 0.2) is 22.7 Å². The van der Waals surface area contributed by atoms with E-state index in [4.69, 9.17) is 0 Å². The zero-order chi connectivity index (χ0) is 13.3. The Balaban J connectivity index is 2.38. The van der Waals surface area contributed by atoms with Crippen LogP contribution in [0.2, 0.25) is 0 Å². The van der Waals surface area contributed by atoms with Gasteiger partial charge in [0.15, 0.2) is 0 Å². The van der Waals surface area contributed by atoms with Gasteiger partial charge in [0, 0.05) is 17.4 Å². The van der Waals surface area contributed by atoms with Crippen LogP contribution in [0, 0.1) is 5.82 Å². The fraction of sp³-hybridized carbons (Fsp3) is 0.333. The standard InChI is InChI=1S/C12H12BrFN2O2/c1-7-12(18)16(5-4-11(17)15-7)10-6-8(14)2-3-9(10)13/h2-3,6-7H,4-5H2,1H3,(H,15,17). The molecule has 1 heterocycles. The molecule has 1 aliphatic rings. The first-order chi connectivity index (χ1) is 8.49. The second-order valence-corrected chi connectivity index (χ2v) is 4.98. The molecule has 1 aromatic carbocycles. The van der Waals surface area contributed by atoms with Crippen LogP contribution < -0.4 is 10.2 Å². The van der Waals surface area contributed by atoms with E-state index < -0.39 is 11.9 Å². The minimum absolute atomic E-state index is 0.175. The van der Waals surface area contributed by atoms with Gasteiger partial charge < -0.3 is 10.2 Å². The lowest BCUT2D eigenvalue weighted by Crippen LogP contribution is -2.42. The van der Waals surface area contributed by atoms with E-state index in [0.29, 0.717) is 10.2 Å². The van der Waals surface area contributed by atoms with Crippen LogP contribution in [0.3, 0.4) is 0 Å². The zero-order valence-electron chi connectivity index (χ0n) is 9.74. The Kier molecular flexibility index (Phi) is 3.65. The van der Waals surface area contributed by atoms with Gasteiger partial charge in [-0.15, -0.1) is 0 Å². The quantitative estimate of drug-likeness (QED) is 0.859. The van der Waals surface area contributed by atoms with Crippen molar-refractivity contribution < 1.29 is 14.0 Å². The summed E-state index contributed by atoms with van der Waals surface area (Å²) in [7, 11) is 0. The van der Waals surface area contributed by atoms with Crippen molar-refractivity contribution >= 4 is 33.4 Å². The monoisotopic (exact) mass is 314 g/mol. The third-order valence-electron chi connectivity index (χ3n) is 2.78. The molecule has 2 amide bonds. The van der Waals surface area contributed by atoms with Crippen molar-refractivity contribution in [2.24, 2.45) is 0 Å². The summed E-state index contributed by atoms with van der Waals surface area (Å²) in [6.07, 6.45) is 0.207. The molecule has 96 valence electrons. The Morgan fingerprint density at radius 2 is 2.17 bits per heavy atom. The number of nitrogens with one attached hydrogen (secondary N) is 1. The number of carbonyl (C=O) groups is 2. The van der Waals surface area contributed by atoms with Gasteiger partial charge in [-0.1, -0.05) is 0 Å². The predicted molar refractivity (Wildman–Crippen MR) is 68.7 cm³/mol. The van der Waals surface area contributed by atoms with Crippen LogP contribution in [0.5, 0.6) is 0 Å². The lowest BCUT2D eigenvalue weighted by molar-refractivity contribution is -0.125. The van der Waals surface area contributed by atoms with E-state index in [2.05, 4.69) is 21.2 Å². The van der Waals surface area contributed by atoms with Crippen LogP contribution in [-0.4, -0.2) is 24.4 Å². The van der Waals surface area contributed by atoms with E-state index in [-0.39, 0.29) is 24.8 Å². The van der Waals surface area contributed by atoms with Crippen LogP contribution in [-0.2, 0) is 9.59 Å². The predicted octanol–water partition coefficient (Wildman–Crippen LogP) is 1.83. The summed E-state index contributed by atoms with van der Waals surface area (Å²) >= 11 is 3.29. The van der Waals surface area contributed by atoms with E-state index in [0.717, 1.165) is 0 Å². The van der Waals surface area contributed by atoms with Crippen LogP contribution in [0.25, 0.3) is 0 Å². The first kappa shape index (κ1) is 13.0. The SMILES string of the molecule is CC1NC(=O)CCN(c2cc(F)ccc2Br)C1=O. The Hall–Kier alpha value is -1.43. The first-order valence-corrected chi connectivity index (χ1v) is 6.34. The van der Waals surface area contributed by atoms with E-state index in [1.807, 2.05) is 0 Å². The van der Waals surface area contributed by atoms with Crippen molar-refractivity contribution in [1.29, 1.82) is 0 Å². The normalized spacial score (nSPS) is 20.6. The molecule has 0 saturated carbocycles. The summed E-state index contributed by atoms with van der Waals surface area (Å²) in [6, 6.07) is 3.53. The van der Waals surface area contributed by atoms with E-state index in [1.54, 1.807) is 13.0 Å². The minimum atomic E-state index is -0.602. The molecule has 1 aliphatic heterocycles. The minimum Gasteiger partial charge on any atom is -0.345 e. The highest BCUT2D eigenvalue weighted by molar-refractivity contribution is 9.10. The summed E-state index contributed by atoms with van der Waals surface area (Å²) in [6.45, 7) is 1.86. The fourth-order valence-electron chi connectivity index (χ4n) is 1.86. The number of rotatable bonds is 1. The van der Waals surface area contributed by atoms with Crippen molar-refractivity contribution in [2.45, 2.75) is 19.4 Å². The molecule has 6 heteroatoms. The van der Waals surface area contributed by atoms with Gasteiger partial charge in [0.2, 0.25) is 11.8 Å². The fourth-order valence-corrected chi connectivity index (χ4v) is 2.33. The largest absolute Gasteiger partial charge is 0.345 e. The molecular weight excluding hydrogens is 303 g/mol. The molecule has 0 aliphatic carbocycles. The lowest BCUT2D eigenvalue weighted by atomic mass is 10.2. The molecule has 0 aromatic heterocycles. The number of nitrogens with zero attached hydrogens (tertiary/aromatic N) is 1. The smallest absolute Gasteiger partial charge is 0.249 e. The summed E-state index contributed by atoms with van der Waals surface area (Å²) < 4.78 is 13.9. The Labute approximate surface area is 112 Å². The summed E-state index contributed by atoms with van der Waals surface area (Å²) in [5.41, 5.74) is 0.448. The van der Waals surface area contributed by atoms with Gasteiger partial charge in [-0.25, -0.2) is 4.39 Å². The van der Waals surface area contributed by atoms with Gasteiger partial charge in [-0.05, 0) is 41.1 Å². The van der Waals surface area contributed by atoms with Gasteiger partial charge in [0.05, 0.1) is 5.69 Å². The number of hydrogen-bond donors (Lipinski definition) is 1. The van der Waals surface area contributed by atoms with Gasteiger partial charge >= 0.3 is 0 Å². The molecule has 1 aromatic rings. The maximum Gasteiger partial charge on any atom is 0.249 e. The summed E-state index contributed by atoms with van der Waals surface area (Å²) in [4.78, 5) is 24.9. The molecule has 2 rings (SSSR count). The summed E-state index contributed by atoms with van der Waals surface area (Å²) in [5, 5.41) is 2.59. The molecule has 1 N–H and O–H groups in total. The number of carbonyl (C=O) groups excluding carboxylic acids is 2. The number of hydrogen-bond acceptors (Lipinski definition) is 2. The molecule has 1 unspecified atom stereocenters. The molecule has 1 saturated heterocycles. The molecule has 1 atom stereocenters. The molecule has 18 heavy (non-hydrogen) atoms. The molecule has 1 fully saturated rings. The van der Waals surface area contributed by atoms with Crippen molar-refractivity contribution in [3.63, 3.8) is 0 Å². The van der Waals surface area contributed by atoms with Crippen molar-refractivity contribution in [3.8, 4) is 0 Å². The van der Waals surface area contributed by atoms with Gasteiger partial charge in [0.1, 0.15) is 11.9 Å². The number of benzene rings is 1. The topological polar surface area (TPSA) is 49.4 Å². The van der Waals surface area contributed by atoms with Crippen molar-refractivity contribution in [2.75, 3.05) is 11.4 Å². The number of amides is 2. The second kappa shape index (κ2) is 5.06. The molecular formula is C12H12BrFN2O2. The first-order valence-electron chi connectivity index (χ1n) is 5.55. The van der Waals surface area contributed by atoms with E-state index in [9.17, 15) is 14.0 Å². The lowest BCUT2D eigenvalue weighted by Gasteiger charge is -2.23. The van der Waals surface area contributed by atoms with Gasteiger partial charge in [0.25, 0.3) is 0 Å². The van der Waals surface area contributed by atoms with Crippen LogP contribution in [0.4, 0.5) is 10.1 Å². The van der Waals surface area contributed by atoms with Crippen LogP contribution in [0.1, 0.15) is 13.3 Å². The molecule has 0 spiro atoms. The Bertz CT molecular complexity index is 507. The third-order valence-corrected chi connectivity index (χ3v) is 3.45. The van der Waals surface area contributed by atoms with Gasteiger partial charge in [-0.2, -0.15) is 0 Å². The highest BCUT2D eigenvalue weighted by Crippen LogP contribution is 2.28. The highest BCUT2D eigenvalue weighted by Gasteiger charge is 2.28. The van der Waals surface area contributed by atoms with Crippen molar-refractivity contribution in [3.05, 3.63) is 28.5 Å². The molecule has 0 radical (unpaired) electrons. The maximum absolute atomic E-state index is 13.3. The average Bonchev–Trinajstić information content (AvgIpc) is 2.44. The van der Waals surface area contributed by atoms with Crippen molar-refractivity contribution in [1.82, 2.24) is 5.32 Å². The number of halogens is 2. The number of anilines is 1. The van der Waals surface area contributed by atoms with E-state index >= 15 is 0 Å². The summed E-state index contributed by atoms with van der Waals surface area (Å²) in [5.74, 6) is -0.838. The second-order valence-electron chi connectivity index (χ2n) is 4.12. The maximum atomic E-state index is 13.3. The van der Waals surface area contributed by atoms with Crippen LogP contribution >= 0.6 is 15.9 Å².